The Kier molecular flexibility index (Phi) is 7.06. The summed E-state index contributed by atoms with van der Waals surface area (Å²) in [6, 6.07) is 10.3. The number of carbonyl (C=O) groups is 2. The molecule has 1 saturated heterocycles. The topological polar surface area (TPSA) is 83.0 Å². The molecule has 2 heterocycles. The van der Waals surface area contributed by atoms with E-state index in [1.807, 2.05) is 12.1 Å². The van der Waals surface area contributed by atoms with Gasteiger partial charge < -0.3 is 20.3 Å². The minimum atomic E-state index is -4.44. The lowest BCUT2D eigenvalue weighted by atomic mass is 9.94. The number of amides is 2. The van der Waals surface area contributed by atoms with Crippen LogP contribution in [0.2, 0.25) is 0 Å². The van der Waals surface area contributed by atoms with E-state index in [1.54, 1.807) is 30.8 Å². The van der Waals surface area contributed by atoms with Gasteiger partial charge in [0.25, 0.3) is 0 Å². The number of nitrogens with zero attached hydrogens (tertiary/aromatic N) is 2. The number of benzene rings is 2. The maximum Gasteiger partial charge on any atom is 0.416 e. The van der Waals surface area contributed by atoms with Crippen LogP contribution in [0.4, 0.5) is 29.3 Å². The van der Waals surface area contributed by atoms with Crippen LogP contribution < -0.4 is 10.6 Å². The van der Waals surface area contributed by atoms with Gasteiger partial charge in [0.05, 0.1) is 30.0 Å². The first-order valence-corrected chi connectivity index (χ1v) is 11.8. The number of thioether (sulfide) groups is 1. The number of aliphatic imine (C=N–C) groups is 1. The number of anilines is 2. The number of alkyl halides is 3. The first kappa shape index (κ1) is 24.6. The van der Waals surface area contributed by atoms with Gasteiger partial charge in [-0.1, -0.05) is 23.9 Å². The average molecular weight is 505 g/mol. The number of carbonyl (C=O) groups excluding carboxylic acids is 2. The fourth-order valence-electron chi connectivity index (χ4n) is 3.97. The molecule has 2 aromatic carbocycles. The Balaban J connectivity index is 1.49. The zero-order valence-electron chi connectivity index (χ0n) is 19.0. The number of halogens is 3. The van der Waals surface area contributed by atoms with Crippen LogP contribution in [-0.2, 0) is 15.7 Å². The Morgan fingerprint density at radius 2 is 1.66 bits per heavy atom. The minimum absolute atomic E-state index is 0.229. The first-order chi connectivity index (χ1) is 16.7. The molecule has 2 aliphatic heterocycles. The standard InChI is InChI=1S/C24H23F3N4O3S/c1-14-19(21(32)34-2)20(31-12-3-13-35-23(31)28-14)15-4-8-17(9-5-15)29-22(33)30-18-10-6-16(7-11-18)24(25,26)27/h4-11,20H,3,12-13H2,1-2H3,(H2,29,30,33)/t20-/m1/s1. The van der Waals surface area contributed by atoms with Crippen LogP contribution in [0.5, 0.6) is 0 Å². The SMILES string of the molecule is COC(=O)C1=C(C)N=C2SCCCN2[C@@H]1c1ccc(NC(=O)Nc2ccc(C(F)(F)F)cc2)cc1. The molecule has 35 heavy (non-hydrogen) atoms. The van der Waals surface area contributed by atoms with Crippen LogP contribution in [0.1, 0.15) is 30.5 Å². The molecule has 0 spiro atoms. The Hall–Kier alpha value is -3.47. The number of esters is 1. The first-order valence-electron chi connectivity index (χ1n) is 10.8. The van der Waals surface area contributed by atoms with Gasteiger partial charge in [0.15, 0.2) is 5.17 Å². The number of rotatable bonds is 4. The van der Waals surface area contributed by atoms with Gasteiger partial charge in [-0.15, -0.1) is 0 Å². The number of methoxy groups -OCH3 is 1. The summed E-state index contributed by atoms with van der Waals surface area (Å²) in [6.07, 6.45) is -3.49. The molecule has 0 aromatic heterocycles. The third-order valence-electron chi connectivity index (χ3n) is 5.62. The fraction of sp³-hybridized carbons (Fsp3) is 0.292. The smallest absolute Gasteiger partial charge is 0.416 e. The Labute approximate surface area is 204 Å². The number of nitrogens with one attached hydrogen (secondary N) is 2. The summed E-state index contributed by atoms with van der Waals surface area (Å²) < 4.78 is 43.1. The number of urea groups is 1. The van der Waals surface area contributed by atoms with E-state index in [4.69, 9.17) is 4.74 Å². The molecular weight excluding hydrogens is 481 g/mol. The number of hydrogen-bond donors (Lipinski definition) is 2. The van der Waals surface area contributed by atoms with Gasteiger partial charge in [-0.3, -0.25) is 0 Å². The maximum atomic E-state index is 12.7. The fourth-order valence-corrected chi connectivity index (χ4v) is 4.99. The molecule has 2 N–H and O–H groups in total. The molecule has 7 nitrogen and oxygen atoms in total. The highest BCUT2D eigenvalue weighted by Crippen LogP contribution is 2.40. The van der Waals surface area contributed by atoms with Gasteiger partial charge in [0, 0.05) is 23.7 Å². The number of fused-ring (bicyclic) bond motifs is 1. The van der Waals surface area contributed by atoms with E-state index in [0.29, 0.717) is 17.0 Å². The monoisotopic (exact) mass is 504 g/mol. The second kappa shape index (κ2) is 10.0. The Morgan fingerprint density at radius 3 is 2.23 bits per heavy atom. The average Bonchev–Trinajstić information content (AvgIpc) is 2.83. The van der Waals surface area contributed by atoms with E-state index in [0.717, 1.165) is 41.6 Å². The molecular formula is C24H23F3N4O3S. The highest BCUT2D eigenvalue weighted by atomic mass is 32.2. The van der Waals surface area contributed by atoms with Crippen molar-refractivity contribution in [3.05, 3.63) is 70.9 Å². The summed E-state index contributed by atoms with van der Waals surface area (Å²) in [4.78, 5) is 31.6. The van der Waals surface area contributed by atoms with Crippen molar-refractivity contribution >= 4 is 40.3 Å². The van der Waals surface area contributed by atoms with E-state index in [9.17, 15) is 22.8 Å². The Morgan fingerprint density at radius 1 is 1.06 bits per heavy atom. The van der Waals surface area contributed by atoms with Crippen molar-refractivity contribution in [2.75, 3.05) is 30.0 Å². The molecule has 0 aliphatic carbocycles. The van der Waals surface area contributed by atoms with Crippen LogP contribution in [0.3, 0.4) is 0 Å². The van der Waals surface area contributed by atoms with Crippen molar-refractivity contribution in [2.24, 2.45) is 4.99 Å². The highest BCUT2D eigenvalue weighted by Gasteiger charge is 2.37. The summed E-state index contributed by atoms with van der Waals surface area (Å²) in [5.74, 6) is 0.517. The normalized spacial score (nSPS) is 17.9. The van der Waals surface area contributed by atoms with Crippen molar-refractivity contribution in [1.29, 1.82) is 0 Å². The summed E-state index contributed by atoms with van der Waals surface area (Å²) in [5.41, 5.74) is 1.84. The molecule has 11 heteroatoms. The minimum Gasteiger partial charge on any atom is -0.466 e. The van der Waals surface area contributed by atoms with Crippen LogP contribution in [0.15, 0.2) is 64.8 Å². The van der Waals surface area contributed by atoms with Gasteiger partial charge in [-0.2, -0.15) is 13.2 Å². The molecule has 4 rings (SSSR count). The van der Waals surface area contributed by atoms with E-state index in [-0.39, 0.29) is 11.7 Å². The zero-order valence-corrected chi connectivity index (χ0v) is 19.8. The van der Waals surface area contributed by atoms with Gasteiger partial charge >= 0.3 is 18.2 Å². The van der Waals surface area contributed by atoms with Crippen molar-refractivity contribution in [1.82, 2.24) is 4.90 Å². The highest BCUT2D eigenvalue weighted by molar-refractivity contribution is 8.13. The number of hydrogen-bond acceptors (Lipinski definition) is 6. The quantitative estimate of drug-likeness (QED) is 0.526. The second-order valence-corrected chi connectivity index (χ2v) is 9.02. The molecule has 0 bridgehead atoms. The van der Waals surface area contributed by atoms with Crippen LogP contribution in [-0.4, -0.2) is 41.5 Å². The van der Waals surface area contributed by atoms with Gasteiger partial charge in [0.2, 0.25) is 0 Å². The molecule has 2 aromatic rings. The van der Waals surface area contributed by atoms with E-state index < -0.39 is 23.7 Å². The number of amidine groups is 1. The largest absolute Gasteiger partial charge is 0.466 e. The Bertz CT molecular complexity index is 1180. The number of ether oxygens (including phenoxy) is 1. The van der Waals surface area contributed by atoms with Crippen LogP contribution in [0, 0.1) is 0 Å². The number of allylic oxidation sites excluding steroid dienone is 1. The lowest BCUT2D eigenvalue weighted by Crippen LogP contribution is -2.42. The van der Waals surface area contributed by atoms with Gasteiger partial charge in [-0.25, -0.2) is 14.6 Å². The van der Waals surface area contributed by atoms with Crippen LogP contribution in [0.25, 0.3) is 0 Å². The third kappa shape index (κ3) is 5.45. The lowest BCUT2D eigenvalue weighted by molar-refractivity contribution is -0.138. The van der Waals surface area contributed by atoms with Crippen molar-refractivity contribution < 1.29 is 27.5 Å². The molecule has 0 unspecified atom stereocenters. The molecule has 1 fully saturated rings. The molecule has 0 saturated carbocycles. The molecule has 2 amide bonds. The lowest BCUT2D eigenvalue weighted by Gasteiger charge is -2.40. The van der Waals surface area contributed by atoms with Gasteiger partial charge in [-0.05, 0) is 55.3 Å². The summed E-state index contributed by atoms with van der Waals surface area (Å²) in [7, 11) is 1.34. The van der Waals surface area contributed by atoms with Crippen molar-refractivity contribution in [3.63, 3.8) is 0 Å². The third-order valence-corrected chi connectivity index (χ3v) is 6.69. The van der Waals surface area contributed by atoms with Crippen molar-refractivity contribution in [3.8, 4) is 0 Å². The van der Waals surface area contributed by atoms with E-state index in [2.05, 4.69) is 20.5 Å². The maximum absolute atomic E-state index is 12.7. The summed E-state index contributed by atoms with van der Waals surface area (Å²) in [6.45, 7) is 2.54. The van der Waals surface area contributed by atoms with Crippen LogP contribution >= 0.6 is 11.8 Å². The molecule has 1 atom stereocenters. The van der Waals surface area contributed by atoms with Gasteiger partial charge in [0.1, 0.15) is 0 Å². The zero-order chi connectivity index (χ0) is 25.2. The van der Waals surface area contributed by atoms with E-state index in [1.165, 1.54) is 19.2 Å². The molecule has 2 aliphatic rings. The van der Waals surface area contributed by atoms with E-state index >= 15 is 0 Å². The summed E-state index contributed by atoms with van der Waals surface area (Å²) in [5, 5.41) is 6.03. The predicted molar refractivity (Wildman–Crippen MR) is 129 cm³/mol. The summed E-state index contributed by atoms with van der Waals surface area (Å²) >= 11 is 1.65. The second-order valence-electron chi connectivity index (χ2n) is 7.96. The van der Waals surface area contributed by atoms with Crippen molar-refractivity contribution in [2.45, 2.75) is 25.6 Å². The molecule has 184 valence electrons. The molecule has 0 radical (unpaired) electrons. The predicted octanol–water partition coefficient (Wildman–Crippen LogP) is 5.65.